The minimum absolute atomic E-state index is 0.164. The van der Waals surface area contributed by atoms with Crippen LogP contribution in [0.1, 0.15) is 0 Å². The monoisotopic (exact) mass is 296 g/mol. The Balaban J connectivity index is 1.94. The average molecular weight is 296 g/mol. The van der Waals surface area contributed by atoms with Crippen LogP contribution in [0, 0.1) is 0 Å². The highest BCUT2D eigenvalue weighted by molar-refractivity contribution is 5.79. The molecule has 0 saturated heterocycles. The lowest BCUT2D eigenvalue weighted by atomic mass is 10.0. The molecule has 0 amide bonds. The van der Waals surface area contributed by atoms with Crippen LogP contribution >= 0.6 is 0 Å². The molecule has 0 aliphatic carbocycles. The van der Waals surface area contributed by atoms with Gasteiger partial charge >= 0.3 is 0 Å². The number of para-hydroxylation sites is 1. The van der Waals surface area contributed by atoms with E-state index in [9.17, 15) is 0 Å². The molecule has 6 nitrogen and oxygen atoms in total. The zero-order valence-electron chi connectivity index (χ0n) is 12.2. The van der Waals surface area contributed by atoms with Crippen LogP contribution in [-0.4, -0.2) is 26.3 Å². The van der Waals surface area contributed by atoms with Crippen molar-refractivity contribution in [3.63, 3.8) is 0 Å². The zero-order chi connectivity index (χ0) is 15.4. The van der Waals surface area contributed by atoms with Crippen molar-refractivity contribution in [2.24, 2.45) is 5.11 Å². The van der Waals surface area contributed by atoms with Crippen LogP contribution in [-0.2, 0) is 0 Å². The molecule has 0 bridgehead atoms. The highest BCUT2D eigenvalue weighted by Gasteiger charge is 2.21. The van der Waals surface area contributed by atoms with E-state index in [0.717, 1.165) is 28.3 Å². The van der Waals surface area contributed by atoms with E-state index < -0.39 is 0 Å². The SMILES string of the molecule is COc1ccc(-c2cccc3c2O[C@@H](CN=[N+]=[N-])CN3)cc1. The predicted molar refractivity (Wildman–Crippen MR) is 85.3 cm³/mol. The summed E-state index contributed by atoms with van der Waals surface area (Å²) in [5.74, 6) is 1.60. The van der Waals surface area contributed by atoms with Crippen LogP contribution in [0.2, 0.25) is 0 Å². The second-order valence-electron chi connectivity index (χ2n) is 4.94. The van der Waals surface area contributed by atoms with Gasteiger partial charge in [-0.15, -0.1) is 0 Å². The van der Waals surface area contributed by atoms with E-state index in [1.807, 2.05) is 42.5 Å². The molecule has 3 rings (SSSR count). The Morgan fingerprint density at radius 1 is 1.32 bits per heavy atom. The molecule has 0 radical (unpaired) electrons. The Bertz CT molecular complexity index is 709. The van der Waals surface area contributed by atoms with Gasteiger partial charge in [-0.3, -0.25) is 0 Å². The summed E-state index contributed by atoms with van der Waals surface area (Å²) in [6.07, 6.45) is -0.164. The van der Waals surface area contributed by atoms with Gasteiger partial charge in [0.2, 0.25) is 0 Å². The van der Waals surface area contributed by atoms with Crippen LogP contribution in [0.25, 0.3) is 21.6 Å². The van der Waals surface area contributed by atoms with Crippen molar-refractivity contribution in [1.82, 2.24) is 0 Å². The Labute approximate surface area is 128 Å². The smallest absolute Gasteiger partial charge is 0.150 e. The number of rotatable bonds is 4. The second kappa shape index (κ2) is 6.28. The van der Waals surface area contributed by atoms with Crippen LogP contribution in [0.3, 0.4) is 0 Å². The fourth-order valence-electron chi connectivity index (χ4n) is 2.46. The summed E-state index contributed by atoms with van der Waals surface area (Å²) in [5.41, 5.74) is 11.4. The quantitative estimate of drug-likeness (QED) is 0.528. The number of ether oxygens (including phenoxy) is 2. The molecular formula is C16H16N4O2. The van der Waals surface area contributed by atoms with E-state index in [1.54, 1.807) is 7.11 Å². The molecule has 0 aromatic heterocycles. The molecule has 1 aliphatic heterocycles. The second-order valence-corrected chi connectivity index (χ2v) is 4.94. The first-order valence-corrected chi connectivity index (χ1v) is 7.00. The van der Waals surface area contributed by atoms with E-state index >= 15 is 0 Å². The average Bonchev–Trinajstić information content (AvgIpc) is 2.59. The molecule has 0 spiro atoms. The molecule has 22 heavy (non-hydrogen) atoms. The number of nitrogens with zero attached hydrogens (tertiary/aromatic N) is 3. The minimum atomic E-state index is -0.164. The fourth-order valence-corrected chi connectivity index (χ4v) is 2.46. The van der Waals surface area contributed by atoms with Gasteiger partial charge in [-0.05, 0) is 29.3 Å². The molecule has 6 heteroatoms. The van der Waals surface area contributed by atoms with E-state index in [-0.39, 0.29) is 6.10 Å². The van der Waals surface area contributed by atoms with Crippen molar-refractivity contribution in [2.45, 2.75) is 6.10 Å². The molecule has 0 fully saturated rings. The summed E-state index contributed by atoms with van der Waals surface area (Å²) >= 11 is 0. The summed E-state index contributed by atoms with van der Waals surface area (Å²) in [7, 11) is 1.65. The molecular weight excluding hydrogens is 280 g/mol. The molecule has 1 N–H and O–H groups in total. The standard InChI is InChI=1S/C16H16N4O2/c1-21-12-7-5-11(6-8-12)14-3-2-4-15-16(14)22-13(9-18-15)10-19-20-17/h2-8,13,18H,9-10H2,1H3/t13-/m1/s1. The summed E-state index contributed by atoms with van der Waals surface area (Å²) in [4.78, 5) is 2.79. The van der Waals surface area contributed by atoms with Crippen molar-refractivity contribution in [2.75, 3.05) is 25.5 Å². The van der Waals surface area contributed by atoms with E-state index in [1.165, 1.54) is 0 Å². The summed E-state index contributed by atoms with van der Waals surface area (Å²) in [6, 6.07) is 13.8. The van der Waals surface area contributed by atoms with Crippen molar-refractivity contribution >= 4 is 5.69 Å². The van der Waals surface area contributed by atoms with E-state index in [0.29, 0.717) is 13.1 Å². The van der Waals surface area contributed by atoms with Crippen molar-refractivity contribution in [3.8, 4) is 22.6 Å². The van der Waals surface area contributed by atoms with Crippen LogP contribution < -0.4 is 14.8 Å². The third kappa shape index (κ3) is 2.77. The number of methoxy groups -OCH3 is 1. The Hall–Kier alpha value is -2.85. The molecule has 1 heterocycles. The third-order valence-corrected chi connectivity index (χ3v) is 3.57. The topological polar surface area (TPSA) is 79.2 Å². The molecule has 112 valence electrons. The van der Waals surface area contributed by atoms with Gasteiger partial charge in [-0.25, -0.2) is 0 Å². The maximum atomic E-state index is 8.44. The number of benzene rings is 2. The highest BCUT2D eigenvalue weighted by Crippen LogP contribution is 2.39. The molecule has 2 aromatic rings. The number of anilines is 1. The van der Waals surface area contributed by atoms with Gasteiger partial charge in [-0.1, -0.05) is 29.4 Å². The Kier molecular flexibility index (Phi) is 4.03. The molecule has 0 saturated carbocycles. The zero-order valence-corrected chi connectivity index (χ0v) is 12.2. The van der Waals surface area contributed by atoms with Crippen molar-refractivity contribution in [3.05, 3.63) is 52.9 Å². The summed E-state index contributed by atoms with van der Waals surface area (Å²) < 4.78 is 11.2. The van der Waals surface area contributed by atoms with E-state index in [4.69, 9.17) is 15.0 Å². The molecule has 0 unspecified atom stereocenters. The molecule has 2 aromatic carbocycles. The maximum Gasteiger partial charge on any atom is 0.150 e. The van der Waals surface area contributed by atoms with Crippen molar-refractivity contribution < 1.29 is 9.47 Å². The van der Waals surface area contributed by atoms with Gasteiger partial charge < -0.3 is 14.8 Å². The lowest BCUT2D eigenvalue weighted by molar-refractivity contribution is 0.215. The minimum Gasteiger partial charge on any atom is -0.497 e. The summed E-state index contributed by atoms with van der Waals surface area (Å²) in [6.45, 7) is 0.929. The van der Waals surface area contributed by atoms with E-state index in [2.05, 4.69) is 15.3 Å². The number of fused-ring (bicyclic) bond motifs is 1. The number of hydrogen-bond acceptors (Lipinski definition) is 4. The van der Waals surface area contributed by atoms with Crippen LogP contribution in [0.15, 0.2) is 47.6 Å². The van der Waals surface area contributed by atoms with Crippen molar-refractivity contribution in [1.29, 1.82) is 0 Å². The molecule has 1 atom stereocenters. The summed E-state index contributed by atoms with van der Waals surface area (Å²) in [5, 5.41) is 6.91. The van der Waals surface area contributed by atoms with Gasteiger partial charge in [0.25, 0.3) is 0 Å². The van der Waals surface area contributed by atoms with Gasteiger partial charge in [-0.2, -0.15) is 0 Å². The Morgan fingerprint density at radius 3 is 2.86 bits per heavy atom. The van der Waals surface area contributed by atoms with Gasteiger partial charge in [0.15, 0.2) is 5.75 Å². The predicted octanol–water partition coefficient (Wildman–Crippen LogP) is 3.85. The number of azide groups is 1. The number of hydrogen-bond donors (Lipinski definition) is 1. The lowest BCUT2D eigenvalue weighted by Crippen LogP contribution is -2.33. The first kappa shape index (κ1) is 14.1. The van der Waals surface area contributed by atoms with Crippen LogP contribution in [0.5, 0.6) is 11.5 Å². The Morgan fingerprint density at radius 2 is 2.14 bits per heavy atom. The van der Waals surface area contributed by atoms with Gasteiger partial charge in [0.05, 0.1) is 25.9 Å². The normalized spacial score (nSPS) is 15.8. The first-order chi connectivity index (χ1) is 10.8. The number of nitrogens with one attached hydrogen (secondary N) is 1. The highest BCUT2D eigenvalue weighted by atomic mass is 16.5. The van der Waals surface area contributed by atoms with Crippen LogP contribution in [0.4, 0.5) is 5.69 Å². The largest absolute Gasteiger partial charge is 0.497 e. The fraction of sp³-hybridized carbons (Fsp3) is 0.250. The maximum absolute atomic E-state index is 8.44. The molecule has 1 aliphatic rings. The first-order valence-electron chi connectivity index (χ1n) is 7.00. The van der Waals surface area contributed by atoms with Gasteiger partial charge in [0, 0.05) is 10.5 Å². The third-order valence-electron chi connectivity index (χ3n) is 3.57. The van der Waals surface area contributed by atoms with Gasteiger partial charge in [0.1, 0.15) is 11.9 Å². The lowest BCUT2D eigenvalue weighted by Gasteiger charge is -2.28.